The minimum absolute atomic E-state index is 0.0639. The summed E-state index contributed by atoms with van der Waals surface area (Å²) in [4.78, 5) is 28.5. The molecule has 0 bridgehead atoms. The van der Waals surface area contributed by atoms with Gasteiger partial charge >= 0.3 is 11.8 Å². The SMILES string of the molecule is C=CCNC(=O)C(=O)NC[C@@H](c1ccc(N(C)C)cc1)N1CCc2ccccc21. The zero-order chi connectivity index (χ0) is 20.8. The second-order valence-corrected chi connectivity index (χ2v) is 7.28. The lowest BCUT2D eigenvalue weighted by atomic mass is 10.0. The quantitative estimate of drug-likeness (QED) is 0.561. The highest BCUT2D eigenvalue weighted by atomic mass is 16.2. The largest absolute Gasteiger partial charge is 0.378 e. The normalized spacial score (nSPS) is 13.4. The third-order valence-electron chi connectivity index (χ3n) is 5.16. The number of carbonyl (C=O) groups excluding carboxylic acids is 2. The number of fused-ring (bicyclic) bond motifs is 1. The Balaban J connectivity index is 1.81. The van der Waals surface area contributed by atoms with E-state index in [0.29, 0.717) is 6.54 Å². The highest BCUT2D eigenvalue weighted by molar-refractivity contribution is 6.35. The molecule has 2 aromatic rings. The van der Waals surface area contributed by atoms with Crippen molar-refractivity contribution in [2.75, 3.05) is 43.5 Å². The summed E-state index contributed by atoms with van der Waals surface area (Å²) < 4.78 is 0. The summed E-state index contributed by atoms with van der Waals surface area (Å²) >= 11 is 0. The Morgan fingerprint density at radius 2 is 1.79 bits per heavy atom. The predicted octanol–water partition coefficient (Wildman–Crippen LogP) is 2.27. The second kappa shape index (κ2) is 9.28. The molecule has 1 heterocycles. The molecule has 1 aliphatic heterocycles. The average Bonchev–Trinajstić information content (AvgIpc) is 3.16. The van der Waals surface area contributed by atoms with E-state index in [1.807, 2.05) is 20.2 Å². The van der Waals surface area contributed by atoms with Gasteiger partial charge in [0.1, 0.15) is 0 Å². The summed E-state index contributed by atoms with van der Waals surface area (Å²) in [6, 6.07) is 16.6. The fraction of sp³-hybridized carbons (Fsp3) is 0.304. The first kappa shape index (κ1) is 20.5. The zero-order valence-corrected chi connectivity index (χ0v) is 17.0. The van der Waals surface area contributed by atoms with Gasteiger partial charge in [-0.1, -0.05) is 36.4 Å². The van der Waals surface area contributed by atoms with Gasteiger partial charge in [-0.3, -0.25) is 9.59 Å². The fourth-order valence-corrected chi connectivity index (χ4v) is 3.60. The first-order chi connectivity index (χ1) is 14.0. The van der Waals surface area contributed by atoms with Crippen LogP contribution in [0.1, 0.15) is 17.2 Å². The van der Waals surface area contributed by atoms with E-state index >= 15 is 0 Å². The molecule has 1 aliphatic rings. The average molecular weight is 393 g/mol. The highest BCUT2D eigenvalue weighted by Gasteiger charge is 2.28. The monoisotopic (exact) mass is 392 g/mol. The topological polar surface area (TPSA) is 64.7 Å². The van der Waals surface area contributed by atoms with Gasteiger partial charge in [-0.15, -0.1) is 6.58 Å². The van der Waals surface area contributed by atoms with Gasteiger partial charge in [0.05, 0.1) is 6.04 Å². The van der Waals surface area contributed by atoms with E-state index in [-0.39, 0.29) is 12.6 Å². The molecule has 6 heteroatoms. The van der Waals surface area contributed by atoms with Gasteiger partial charge in [0.25, 0.3) is 0 Å². The van der Waals surface area contributed by atoms with E-state index < -0.39 is 11.8 Å². The lowest BCUT2D eigenvalue weighted by Gasteiger charge is -2.31. The molecule has 2 amide bonds. The van der Waals surface area contributed by atoms with Crippen LogP contribution in [0.2, 0.25) is 0 Å². The molecule has 0 radical (unpaired) electrons. The van der Waals surface area contributed by atoms with Crippen LogP contribution in [-0.4, -0.2) is 45.5 Å². The van der Waals surface area contributed by atoms with Crippen molar-refractivity contribution in [3.05, 3.63) is 72.3 Å². The van der Waals surface area contributed by atoms with Crippen molar-refractivity contribution in [2.24, 2.45) is 0 Å². The van der Waals surface area contributed by atoms with Crippen LogP contribution in [-0.2, 0) is 16.0 Å². The minimum Gasteiger partial charge on any atom is -0.378 e. The summed E-state index contributed by atoms with van der Waals surface area (Å²) in [6.07, 6.45) is 2.51. The molecule has 6 nitrogen and oxygen atoms in total. The molecule has 2 aromatic carbocycles. The van der Waals surface area contributed by atoms with Crippen LogP contribution < -0.4 is 20.4 Å². The summed E-state index contributed by atoms with van der Waals surface area (Å²) in [6.45, 7) is 5.02. The Morgan fingerprint density at radius 1 is 1.10 bits per heavy atom. The predicted molar refractivity (Wildman–Crippen MR) is 117 cm³/mol. The minimum atomic E-state index is -0.645. The van der Waals surface area contributed by atoms with Crippen molar-refractivity contribution in [1.82, 2.24) is 10.6 Å². The number of hydrogen-bond acceptors (Lipinski definition) is 4. The van der Waals surface area contributed by atoms with E-state index in [0.717, 1.165) is 24.2 Å². The maximum Gasteiger partial charge on any atom is 0.309 e. The van der Waals surface area contributed by atoms with Crippen molar-refractivity contribution in [1.29, 1.82) is 0 Å². The van der Waals surface area contributed by atoms with Crippen LogP contribution in [0.25, 0.3) is 0 Å². The number of anilines is 2. The third kappa shape index (κ3) is 4.77. The molecule has 3 rings (SSSR count). The van der Waals surface area contributed by atoms with E-state index in [4.69, 9.17) is 0 Å². The molecule has 0 aliphatic carbocycles. The number of amides is 2. The zero-order valence-electron chi connectivity index (χ0n) is 17.0. The van der Waals surface area contributed by atoms with Gasteiger partial charge < -0.3 is 20.4 Å². The van der Waals surface area contributed by atoms with Crippen molar-refractivity contribution < 1.29 is 9.59 Å². The molecule has 29 heavy (non-hydrogen) atoms. The molecule has 152 valence electrons. The van der Waals surface area contributed by atoms with Crippen LogP contribution in [0.4, 0.5) is 11.4 Å². The Morgan fingerprint density at radius 3 is 2.48 bits per heavy atom. The van der Waals surface area contributed by atoms with Gasteiger partial charge in [0.15, 0.2) is 0 Å². The van der Waals surface area contributed by atoms with Gasteiger partial charge in [0.2, 0.25) is 0 Å². The number of rotatable bonds is 7. The number of nitrogens with zero attached hydrogens (tertiary/aromatic N) is 2. The second-order valence-electron chi connectivity index (χ2n) is 7.28. The van der Waals surface area contributed by atoms with Crippen LogP contribution in [0.5, 0.6) is 0 Å². The maximum absolute atomic E-state index is 12.2. The van der Waals surface area contributed by atoms with E-state index in [1.54, 1.807) is 6.08 Å². The van der Waals surface area contributed by atoms with E-state index in [2.05, 4.69) is 69.5 Å². The van der Waals surface area contributed by atoms with Gasteiger partial charge in [-0.2, -0.15) is 0 Å². The van der Waals surface area contributed by atoms with Gasteiger partial charge in [-0.05, 0) is 35.7 Å². The van der Waals surface area contributed by atoms with Crippen LogP contribution in [0, 0.1) is 0 Å². The van der Waals surface area contributed by atoms with Crippen molar-refractivity contribution in [2.45, 2.75) is 12.5 Å². The van der Waals surface area contributed by atoms with E-state index in [1.165, 1.54) is 11.3 Å². The first-order valence-corrected chi connectivity index (χ1v) is 9.80. The summed E-state index contributed by atoms with van der Waals surface area (Å²) in [7, 11) is 4.01. The van der Waals surface area contributed by atoms with Crippen molar-refractivity contribution in [3.63, 3.8) is 0 Å². The molecule has 0 spiro atoms. The molecule has 1 atom stereocenters. The molecule has 0 saturated carbocycles. The molecular formula is C23H28N4O2. The molecule has 0 saturated heterocycles. The number of benzene rings is 2. The summed E-state index contributed by atoms with van der Waals surface area (Å²) in [5.74, 6) is -1.28. The van der Waals surface area contributed by atoms with E-state index in [9.17, 15) is 9.59 Å². The van der Waals surface area contributed by atoms with Crippen molar-refractivity contribution in [3.8, 4) is 0 Å². The molecule has 0 unspecified atom stereocenters. The maximum atomic E-state index is 12.2. The lowest BCUT2D eigenvalue weighted by molar-refractivity contribution is -0.139. The Bertz CT molecular complexity index is 877. The standard InChI is InChI=1S/C23H28N4O2/c1-4-14-24-22(28)23(29)25-16-21(18-9-11-19(12-10-18)26(2)3)27-15-13-17-7-5-6-8-20(17)27/h4-12,21H,1,13-16H2,2-3H3,(H,24,28)(H,25,29)/t21-/m0/s1. The first-order valence-electron chi connectivity index (χ1n) is 9.80. The Labute approximate surface area is 172 Å². The number of carbonyl (C=O) groups is 2. The number of para-hydroxylation sites is 1. The summed E-state index contributed by atoms with van der Waals surface area (Å²) in [5.41, 5.74) is 4.69. The molecule has 0 aromatic heterocycles. The Kier molecular flexibility index (Phi) is 6.54. The van der Waals surface area contributed by atoms with Gasteiger partial charge in [0, 0.05) is 45.1 Å². The van der Waals surface area contributed by atoms with Gasteiger partial charge in [-0.25, -0.2) is 0 Å². The highest BCUT2D eigenvalue weighted by Crippen LogP contribution is 2.35. The Hall–Kier alpha value is -3.28. The number of hydrogen-bond donors (Lipinski definition) is 2. The molecule has 0 fully saturated rings. The molecule has 2 N–H and O–H groups in total. The lowest BCUT2D eigenvalue weighted by Crippen LogP contribution is -2.44. The molecular weight excluding hydrogens is 364 g/mol. The van der Waals surface area contributed by atoms with Crippen LogP contribution >= 0.6 is 0 Å². The fourth-order valence-electron chi connectivity index (χ4n) is 3.60. The van der Waals surface area contributed by atoms with Crippen molar-refractivity contribution >= 4 is 23.2 Å². The number of nitrogens with one attached hydrogen (secondary N) is 2. The van der Waals surface area contributed by atoms with Crippen LogP contribution in [0.3, 0.4) is 0 Å². The third-order valence-corrected chi connectivity index (χ3v) is 5.16. The summed E-state index contributed by atoms with van der Waals surface area (Å²) in [5, 5.41) is 5.31. The van der Waals surface area contributed by atoms with Crippen LogP contribution in [0.15, 0.2) is 61.2 Å². The smallest absolute Gasteiger partial charge is 0.309 e.